The molecule has 4 aliphatic carbocycles. The van der Waals surface area contributed by atoms with Gasteiger partial charge in [0.25, 0.3) is 0 Å². The van der Waals surface area contributed by atoms with Crippen molar-refractivity contribution in [3.63, 3.8) is 0 Å². The van der Waals surface area contributed by atoms with E-state index in [0.717, 1.165) is 12.8 Å². The fourth-order valence-electron chi connectivity index (χ4n) is 10.8. The molecule has 1 unspecified atom stereocenters. The molecule has 1 atom stereocenters. The van der Waals surface area contributed by atoms with E-state index in [4.69, 9.17) is 0 Å². The maximum absolute atomic E-state index is 2.44. The van der Waals surface area contributed by atoms with Gasteiger partial charge in [-0.05, 0) is 181 Å². The van der Waals surface area contributed by atoms with Crippen molar-refractivity contribution < 1.29 is 0 Å². The van der Waals surface area contributed by atoms with Crippen LogP contribution in [0.5, 0.6) is 0 Å². The first-order chi connectivity index (χ1) is 36.7. The van der Waals surface area contributed by atoms with Crippen LogP contribution in [0.1, 0.15) is 105 Å². The van der Waals surface area contributed by atoms with Crippen molar-refractivity contribution in [1.29, 1.82) is 0 Å². The molecule has 0 spiro atoms. The van der Waals surface area contributed by atoms with Crippen molar-refractivity contribution in [2.24, 2.45) is 0 Å². The molecule has 0 saturated heterocycles. The molecule has 0 N–H and O–H groups in total. The van der Waals surface area contributed by atoms with Gasteiger partial charge >= 0.3 is 0 Å². The Balaban J connectivity index is 0.000000143. The van der Waals surface area contributed by atoms with E-state index in [2.05, 4.69) is 266 Å². The third-order valence-electron chi connectivity index (χ3n) is 14.9. The molecule has 0 bridgehead atoms. The predicted molar refractivity (Wildman–Crippen MR) is 326 cm³/mol. The lowest BCUT2D eigenvalue weighted by atomic mass is 9.66. The molecule has 0 aromatic heterocycles. The largest absolute Gasteiger partial charge is 0.0839 e. The summed E-state index contributed by atoms with van der Waals surface area (Å²) in [6.45, 7) is 17.1. The van der Waals surface area contributed by atoms with Gasteiger partial charge in [-0.15, -0.1) is 0 Å². The summed E-state index contributed by atoms with van der Waals surface area (Å²) >= 11 is 0. The molecule has 0 amide bonds. The van der Waals surface area contributed by atoms with E-state index < -0.39 is 0 Å². The fourth-order valence-corrected chi connectivity index (χ4v) is 10.8. The molecular formula is C75H76. The Bertz CT molecular complexity index is 3230. The van der Waals surface area contributed by atoms with Gasteiger partial charge < -0.3 is 0 Å². The first-order valence-electron chi connectivity index (χ1n) is 27.4. The third kappa shape index (κ3) is 12.8. The number of hydrogen-bond acceptors (Lipinski definition) is 0. The first kappa shape index (κ1) is 53.5. The van der Waals surface area contributed by atoms with Crippen molar-refractivity contribution in [2.75, 3.05) is 0 Å². The Morgan fingerprint density at radius 2 is 0.827 bits per heavy atom. The van der Waals surface area contributed by atoms with Crippen LogP contribution in [0.3, 0.4) is 0 Å². The molecule has 0 heterocycles. The number of aryl methyl sites for hydroxylation is 4. The molecule has 0 aliphatic heterocycles. The zero-order chi connectivity index (χ0) is 52.6. The molecule has 8 aromatic rings. The van der Waals surface area contributed by atoms with Gasteiger partial charge in [0.1, 0.15) is 0 Å². The molecule has 376 valence electrons. The summed E-state index contributed by atoms with van der Waals surface area (Å²) < 4.78 is 0. The Kier molecular flexibility index (Phi) is 18.5. The summed E-state index contributed by atoms with van der Waals surface area (Å²) in [7, 11) is 0. The van der Waals surface area contributed by atoms with Crippen molar-refractivity contribution in [1.82, 2.24) is 0 Å². The van der Waals surface area contributed by atoms with Crippen LogP contribution in [-0.4, -0.2) is 0 Å². The minimum atomic E-state index is -0.211. The topological polar surface area (TPSA) is 0 Å². The monoisotopic (exact) mass is 977 g/mol. The van der Waals surface area contributed by atoms with Gasteiger partial charge in [-0.25, -0.2) is 0 Å². The molecule has 0 fully saturated rings. The van der Waals surface area contributed by atoms with Gasteiger partial charge in [-0.2, -0.15) is 0 Å². The standard InChI is InChI=1S/2C26H22.C14H18.C7H8.C2H6/c1-19-16-17-25-23(18-19)22-14-8-9-15-24(22)26(25,20-10-4-2-5-11-20)21-12-6-3-7-13-21;1-19-13-15-23(21-9-5-3-6-10-21)17-25(19)26-18-24(16-14-20(26)2)22-11-7-4-8-12-22;1-11-3-7-13(8-4-11)14-9-5-12(2)6-10-14;1-7-5-3-2-4-6-7;1-2/h2,4-6,8-18H,3,7H2,1H3;3-18H,1-2H3;3,5,7,9H,4,6,8,10H2,1-2H3;2-6H,1H3;1-2H3. The van der Waals surface area contributed by atoms with E-state index in [1.807, 2.05) is 32.0 Å². The maximum atomic E-state index is 2.44. The summed E-state index contributed by atoms with van der Waals surface area (Å²) in [5.41, 5.74) is 27.1. The quantitative estimate of drug-likeness (QED) is 0.156. The van der Waals surface area contributed by atoms with Gasteiger partial charge in [0.05, 0.1) is 5.41 Å². The summed E-state index contributed by atoms with van der Waals surface area (Å²) in [5.74, 6) is 0. The highest BCUT2D eigenvalue weighted by Gasteiger charge is 2.46. The Morgan fingerprint density at radius 3 is 1.29 bits per heavy atom. The minimum absolute atomic E-state index is 0.211. The van der Waals surface area contributed by atoms with E-state index in [1.54, 1.807) is 11.1 Å². The Hall–Kier alpha value is -7.80. The average Bonchev–Trinajstić information content (AvgIpc) is 3.77. The molecule has 4 aliphatic rings. The number of benzene rings is 8. The highest BCUT2D eigenvalue weighted by molar-refractivity contribution is 5.87. The molecule has 0 radical (unpaired) electrons. The number of allylic oxidation sites excluding steroid dienone is 12. The average molecular weight is 977 g/mol. The molecule has 0 heteroatoms. The van der Waals surface area contributed by atoms with Gasteiger partial charge in [-0.3, -0.25) is 0 Å². The van der Waals surface area contributed by atoms with Gasteiger partial charge in [-0.1, -0.05) is 267 Å². The lowest BCUT2D eigenvalue weighted by Gasteiger charge is -2.35. The lowest BCUT2D eigenvalue weighted by molar-refractivity contribution is 0.751. The first-order valence-corrected chi connectivity index (χ1v) is 27.4. The second-order valence-electron chi connectivity index (χ2n) is 20.2. The normalized spacial score (nSPS) is 15.8. The maximum Gasteiger partial charge on any atom is 0.0710 e. The van der Waals surface area contributed by atoms with Crippen LogP contribution >= 0.6 is 0 Å². The highest BCUT2D eigenvalue weighted by atomic mass is 14.5. The van der Waals surface area contributed by atoms with E-state index in [0.29, 0.717) is 0 Å². The summed E-state index contributed by atoms with van der Waals surface area (Å²) in [6.07, 6.45) is 23.5. The van der Waals surface area contributed by atoms with Crippen LogP contribution in [0.2, 0.25) is 0 Å². The highest BCUT2D eigenvalue weighted by Crippen LogP contribution is 2.57. The lowest BCUT2D eigenvalue weighted by Crippen LogP contribution is -2.29. The summed E-state index contributed by atoms with van der Waals surface area (Å²) in [5, 5.41) is 0. The smallest absolute Gasteiger partial charge is 0.0710 e. The van der Waals surface area contributed by atoms with Crippen molar-refractivity contribution in [3.8, 4) is 44.5 Å². The van der Waals surface area contributed by atoms with Crippen molar-refractivity contribution >= 4 is 0 Å². The fraction of sp³-hybridized carbons (Fsp3) is 0.200. The van der Waals surface area contributed by atoms with Gasteiger partial charge in [0.2, 0.25) is 0 Å². The van der Waals surface area contributed by atoms with Crippen LogP contribution in [-0.2, 0) is 5.41 Å². The van der Waals surface area contributed by atoms with Crippen LogP contribution < -0.4 is 0 Å². The summed E-state index contributed by atoms with van der Waals surface area (Å²) in [6, 6.07) is 71.9. The van der Waals surface area contributed by atoms with Gasteiger partial charge in [0.15, 0.2) is 0 Å². The molecule has 12 rings (SSSR count). The van der Waals surface area contributed by atoms with Crippen LogP contribution in [0.15, 0.2) is 271 Å². The van der Waals surface area contributed by atoms with Crippen molar-refractivity contribution in [3.05, 3.63) is 310 Å². The van der Waals surface area contributed by atoms with Crippen LogP contribution in [0, 0.1) is 27.7 Å². The van der Waals surface area contributed by atoms with E-state index in [9.17, 15) is 0 Å². The van der Waals surface area contributed by atoms with Gasteiger partial charge in [0, 0.05) is 0 Å². The molecule has 0 nitrogen and oxygen atoms in total. The Labute approximate surface area is 451 Å². The predicted octanol–water partition coefficient (Wildman–Crippen LogP) is 21.2. The van der Waals surface area contributed by atoms with E-state index >= 15 is 0 Å². The number of fused-ring (bicyclic) bond motifs is 3. The molecule has 75 heavy (non-hydrogen) atoms. The van der Waals surface area contributed by atoms with E-state index in [1.165, 1.54) is 126 Å². The second-order valence-corrected chi connectivity index (χ2v) is 20.2. The summed E-state index contributed by atoms with van der Waals surface area (Å²) in [4.78, 5) is 0. The zero-order valence-electron chi connectivity index (χ0n) is 45.8. The zero-order valence-corrected chi connectivity index (χ0v) is 45.8. The third-order valence-corrected chi connectivity index (χ3v) is 14.9. The minimum Gasteiger partial charge on any atom is -0.0839 e. The molecular weight excluding hydrogens is 901 g/mol. The number of hydrogen-bond donors (Lipinski definition) is 0. The SMILES string of the molecule is CC.CC1=CC=C(C2=CC=C(C)CC2)CC1.Cc1ccc(-c2ccccc2)cc1-c1cc(-c2ccccc2)ccc1C.Cc1ccc2c(c1)-c1ccccc1C2(C1=CCCC=C1)c1ccccc1.Cc1ccccc1. The Morgan fingerprint density at radius 1 is 0.347 bits per heavy atom. The van der Waals surface area contributed by atoms with Crippen LogP contribution in [0.4, 0.5) is 0 Å². The van der Waals surface area contributed by atoms with Crippen molar-refractivity contribution in [2.45, 2.75) is 99.3 Å². The molecule has 8 aromatic carbocycles. The second kappa shape index (κ2) is 25.9. The van der Waals surface area contributed by atoms with Crippen LogP contribution in [0.25, 0.3) is 44.5 Å². The van der Waals surface area contributed by atoms with E-state index in [-0.39, 0.29) is 5.41 Å². The molecule has 0 saturated carbocycles. The number of rotatable bonds is 6.